The molecule has 0 aliphatic rings. The minimum atomic E-state index is 0.00991. The minimum Gasteiger partial charge on any atom is -0.345 e. The maximum absolute atomic E-state index is 11.9. The van der Waals surface area contributed by atoms with Crippen molar-refractivity contribution >= 4 is 17.2 Å². The van der Waals surface area contributed by atoms with Gasteiger partial charge < -0.3 is 5.32 Å². The first-order valence-corrected chi connectivity index (χ1v) is 6.58. The van der Waals surface area contributed by atoms with Crippen LogP contribution in [0.4, 0.5) is 0 Å². The van der Waals surface area contributed by atoms with E-state index in [9.17, 15) is 4.79 Å². The van der Waals surface area contributed by atoms with Crippen molar-refractivity contribution in [2.45, 2.75) is 19.4 Å². The molecule has 0 unspecified atom stereocenters. The summed E-state index contributed by atoms with van der Waals surface area (Å²) < 4.78 is 0. The van der Waals surface area contributed by atoms with Gasteiger partial charge in [-0.3, -0.25) is 4.79 Å². The summed E-state index contributed by atoms with van der Waals surface area (Å²) in [5.74, 6) is 0.00991. The molecule has 1 N–H and O–H groups in total. The average Bonchev–Trinajstić information content (AvgIpc) is 2.90. The summed E-state index contributed by atoms with van der Waals surface area (Å²) >= 11 is 1.47. The second-order valence-corrected chi connectivity index (χ2v) is 4.77. The zero-order valence-corrected chi connectivity index (χ0v) is 10.5. The van der Waals surface area contributed by atoms with Gasteiger partial charge in [-0.05, 0) is 23.4 Å². The van der Waals surface area contributed by atoms with E-state index < -0.39 is 0 Å². The maximum Gasteiger partial charge on any atom is 0.261 e. The molecular formula is C14H15NOS. The van der Waals surface area contributed by atoms with Gasteiger partial charge in [0.1, 0.15) is 0 Å². The predicted molar refractivity (Wildman–Crippen MR) is 71.3 cm³/mol. The van der Waals surface area contributed by atoms with Crippen LogP contribution >= 0.6 is 11.3 Å². The summed E-state index contributed by atoms with van der Waals surface area (Å²) in [6.45, 7) is 2.08. The van der Waals surface area contributed by atoms with E-state index in [4.69, 9.17) is 0 Å². The Morgan fingerprint density at radius 1 is 1.24 bits per heavy atom. The second kappa shape index (κ2) is 5.64. The third kappa shape index (κ3) is 2.94. The Balaban J connectivity index is 2.09. The van der Waals surface area contributed by atoms with Crippen molar-refractivity contribution in [1.82, 2.24) is 5.32 Å². The Morgan fingerprint density at radius 2 is 2.00 bits per heavy atom. The van der Waals surface area contributed by atoms with E-state index in [1.807, 2.05) is 47.8 Å². The number of carbonyl (C=O) groups is 1. The molecule has 88 valence electrons. The Morgan fingerprint density at radius 3 is 2.59 bits per heavy atom. The largest absolute Gasteiger partial charge is 0.345 e. The highest BCUT2D eigenvalue weighted by Crippen LogP contribution is 2.17. The zero-order chi connectivity index (χ0) is 12.1. The molecule has 1 aromatic heterocycles. The van der Waals surface area contributed by atoms with Gasteiger partial charge in [0.05, 0.1) is 10.9 Å². The van der Waals surface area contributed by atoms with Gasteiger partial charge in [0.25, 0.3) is 5.91 Å². The fourth-order valence-electron chi connectivity index (χ4n) is 1.74. The van der Waals surface area contributed by atoms with E-state index >= 15 is 0 Å². The molecule has 17 heavy (non-hydrogen) atoms. The van der Waals surface area contributed by atoms with Crippen LogP contribution in [0.2, 0.25) is 0 Å². The number of thiophene rings is 1. The molecule has 0 radical (unpaired) electrons. The molecule has 2 rings (SSSR count). The molecule has 0 saturated heterocycles. The number of benzene rings is 1. The normalized spacial score (nSPS) is 12.1. The van der Waals surface area contributed by atoms with E-state index in [1.165, 1.54) is 11.3 Å². The molecule has 1 heterocycles. The first kappa shape index (κ1) is 11.9. The molecule has 0 spiro atoms. The van der Waals surface area contributed by atoms with Crippen LogP contribution in [0.15, 0.2) is 47.8 Å². The SMILES string of the molecule is CC[C@H](NC(=O)c1cccs1)c1ccccc1. The topological polar surface area (TPSA) is 29.1 Å². The van der Waals surface area contributed by atoms with Gasteiger partial charge in [0.2, 0.25) is 0 Å². The van der Waals surface area contributed by atoms with E-state index in [-0.39, 0.29) is 11.9 Å². The third-order valence-electron chi connectivity index (χ3n) is 2.66. The maximum atomic E-state index is 11.9. The number of amides is 1. The number of hydrogen-bond acceptors (Lipinski definition) is 2. The molecule has 1 amide bonds. The highest BCUT2D eigenvalue weighted by molar-refractivity contribution is 7.12. The van der Waals surface area contributed by atoms with Crippen LogP contribution in [0.3, 0.4) is 0 Å². The summed E-state index contributed by atoms with van der Waals surface area (Å²) in [6, 6.07) is 13.9. The molecule has 0 bridgehead atoms. The Kier molecular flexibility index (Phi) is 3.94. The Labute approximate surface area is 105 Å². The molecular weight excluding hydrogens is 230 g/mol. The second-order valence-electron chi connectivity index (χ2n) is 3.82. The quantitative estimate of drug-likeness (QED) is 0.875. The van der Waals surface area contributed by atoms with Gasteiger partial charge in [-0.15, -0.1) is 11.3 Å². The molecule has 1 atom stereocenters. The first-order chi connectivity index (χ1) is 8.31. The lowest BCUT2D eigenvalue weighted by atomic mass is 10.0. The zero-order valence-electron chi connectivity index (χ0n) is 9.72. The first-order valence-electron chi connectivity index (χ1n) is 5.70. The van der Waals surface area contributed by atoms with Crippen molar-refractivity contribution in [3.8, 4) is 0 Å². The van der Waals surface area contributed by atoms with Gasteiger partial charge >= 0.3 is 0 Å². The van der Waals surface area contributed by atoms with Crippen LogP contribution in [0.25, 0.3) is 0 Å². The van der Waals surface area contributed by atoms with Crippen molar-refractivity contribution < 1.29 is 4.79 Å². The summed E-state index contributed by atoms with van der Waals surface area (Å²) in [5.41, 5.74) is 1.15. The average molecular weight is 245 g/mol. The smallest absolute Gasteiger partial charge is 0.261 e. The van der Waals surface area contributed by atoms with E-state index in [1.54, 1.807) is 0 Å². The summed E-state index contributed by atoms with van der Waals surface area (Å²) in [4.78, 5) is 12.7. The Hall–Kier alpha value is -1.61. The standard InChI is InChI=1S/C14H15NOS/c1-2-12(11-7-4-3-5-8-11)15-14(16)13-9-6-10-17-13/h3-10,12H,2H2,1H3,(H,15,16)/t12-/m0/s1. The van der Waals surface area contributed by atoms with Crippen LogP contribution in [0.5, 0.6) is 0 Å². The monoisotopic (exact) mass is 245 g/mol. The van der Waals surface area contributed by atoms with Gasteiger partial charge in [0.15, 0.2) is 0 Å². The number of rotatable bonds is 4. The van der Waals surface area contributed by atoms with E-state index in [2.05, 4.69) is 12.2 Å². The fourth-order valence-corrected chi connectivity index (χ4v) is 2.37. The third-order valence-corrected chi connectivity index (χ3v) is 3.53. The van der Waals surface area contributed by atoms with Gasteiger partial charge in [-0.1, -0.05) is 43.3 Å². The molecule has 3 heteroatoms. The van der Waals surface area contributed by atoms with E-state index in [0.717, 1.165) is 16.9 Å². The fraction of sp³-hybridized carbons (Fsp3) is 0.214. The van der Waals surface area contributed by atoms with Gasteiger partial charge in [-0.2, -0.15) is 0 Å². The lowest BCUT2D eigenvalue weighted by Crippen LogP contribution is -2.27. The van der Waals surface area contributed by atoms with Crippen LogP contribution in [0.1, 0.15) is 34.6 Å². The summed E-state index contributed by atoms with van der Waals surface area (Å²) in [6.07, 6.45) is 0.890. The molecule has 0 aliphatic carbocycles. The van der Waals surface area contributed by atoms with E-state index in [0.29, 0.717) is 0 Å². The molecule has 0 saturated carbocycles. The number of hydrogen-bond donors (Lipinski definition) is 1. The van der Waals surface area contributed by atoms with Crippen LogP contribution in [-0.4, -0.2) is 5.91 Å². The summed E-state index contributed by atoms with van der Waals surface area (Å²) in [5, 5.41) is 4.97. The minimum absolute atomic E-state index is 0.00991. The van der Waals surface area contributed by atoms with Crippen molar-refractivity contribution in [1.29, 1.82) is 0 Å². The molecule has 2 aromatic rings. The van der Waals surface area contributed by atoms with Crippen molar-refractivity contribution in [3.05, 3.63) is 58.3 Å². The highest BCUT2D eigenvalue weighted by atomic mass is 32.1. The molecule has 0 fully saturated rings. The van der Waals surface area contributed by atoms with Gasteiger partial charge in [-0.25, -0.2) is 0 Å². The summed E-state index contributed by atoms with van der Waals surface area (Å²) in [7, 11) is 0. The van der Waals surface area contributed by atoms with Crippen molar-refractivity contribution in [3.63, 3.8) is 0 Å². The number of carbonyl (C=O) groups excluding carboxylic acids is 1. The molecule has 2 nitrogen and oxygen atoms in total. The van der Waals surface area contributed by atoms with Crippen molar-refractivity contribution in [2.75, 3.05) is 0 Å². The van der Waals surface area contributed by atoms with Crippen LogP contribution in [-0.2, 0) is 0 Å². The highest BCUT2D eigenvalue weighted by Gasteiger charge is 2.13. The Bertz CT molecular complexity index is 464. The molecule has 0 aliphatic heterocycles. The van der Waals surface area contributed by atoms with Crippen LogP contribution < -0.4 is 5.32 Å². The lowest BCUT2D eigenvalue weighted by Gasteiger charge is -2.16. The molecule has 1 aromatic carbocycles. The predicted octanol–water partition coefficient (Wildman–Crippen LogP) is 3.63. The van der Waals surface area contributed by atoms with Crippen LogP contribution in [0, 0.1) is 0 Å². The number of nitrogens with one attached hydrogen (secondary N) is 1. The lowest BCUT2D eigenvalue weighted by molar-refractivity contribution is 0.0939. The van der Waals surface area contributed by atoms with Crippen molar-refractivity contribution in [2.24, 2.45) is 0 Å². The van der Waals surface area contributed by atoms with Gasteiger partial charge in [0, 0.05) is 0 Å².